The van der Waals surface area contributed by atoms with Crippen molar-refractivity contribution in [3.05, 3.63) is 46.6 Å². The minimum Gasteiger partial charge on any atom is -0.508 e. The Hall–Kier alpha value is -3.80. The highest BCUT2D eigenvalue weighted by atomic mass is 16.5. The molecule has 0 aliphatic heterocycles. The second-order valence-electron chi connectivity index (χ2n) is 7.78. The molecule has 1 heterocycles. The first kappa shape index (κ1) is 22.4. The highest BCUT2D eigenvalue weighted by molar-refractivity contribution is 5.88. The molecule has 1 saturated carbocycles. The monoisotopic (exact) mass is 460 g/mol. The first-order valence-electron chi connectivity index (χ1n) is 9.84. The van der Waals surface area contributed by atoms with Crippen molar-refractivity contribution in [1.29, 1.82) is 0 Å². The van der Waals surface area contributed by atoms with E-state index in [1.54, 1.807) is 0 Å². The molecule has 0 bridgehead atoms. The average molecular weight is 460 g/mol. The van der Waals surface area contributed by atoms with Crippen LogP contribution in [0.1, 0.15) is 6.42 Å². The largest absolute Gasteiger partial charge is 0.508 e. The van der Waals surface area contributed by atoms with E-state index in [2.05, 4.69) is 0 Å². The fourth-order valence-corrected chi connectivity index (χ4v) is 3.88. The van der Waals surface area contributed by atoms with Gasteiger partial charge in [0.05, 0.1) is 12.0 Å². The van der Waals surface area contributed by atoms with Crippen molar-refractivity contribution in [1.82, 2.24) is 0 Å². The smallest absolute Gasteiger partial charge is 0.309 e. The molecule has 0 saturated heterocycles. The fourth-order valence-electron chi connectivity index (χ4n) is 3.88. The zero-order valence-electron chi connectivity index (χ0n) is 16.8. The predicted molar refractivity (Wildman–Crippen MR) is 111 cm³/mol. The lowest BCUT2D eigenvalue weighted by Crippen LogP contribution is -2.57. The Kier molecular flexibility index (Phi) is 5.62. The zero-order chi connectivity index (χ0) is 24.0. The van der Waals surface area contributed by atoms with Gasteiger partial charge in [0.25, 0.3) is 0 Å². The summed E-state index contributed by atoms with van der Waals surface area (Å²) in [7, 11) is 0. The standard InChI is InChI=1S/C22H20O11/c23-9-3-1-8(2-4-9)20-21(18(28)15-12(25)5-10(24)6-13(15)32-20)33-14-7-11(22(30)31)16(26)19(29)17(14)27/h1-6,11,14,16-17,19,23-27,29H,7H2,(H,30,31). The van der Waals surface area contributed by atoms with E-state index in [0.717, 1.165) is 12.1 Å². The number of hydrogen-bond donors (Lipinski definition) is 7. The quantitative estimate of drug-likeness (QED) is 0.286. The summed E-state index contributed by atoms with van der Waals surface area (Å²) in [6.07, 6.45) is -7.23. The van der Waals surface area contributed by atoms with Gasteiger partial charge in [0.15, 0.2) is 5.76 Å². The van der Waals surface area contributed by atoms with Crippen LogP contribution >= 0.6 is 0 Å². The molecule has 1 aliphatic carbocycles. The molecule has 33 heavy (non-hydrogen) atoms. The van der Waals surface area contributed by atoms with E-state index in [9.17, 15) is 45.3 Å². The number of aliphatic hydroxyl groups excluding tert-OH is 3. The maximum atomic E-state index is 13.3. The van der Waals surface area contributed by atoms with Crippen molar-refractivity contribution < 1.29 is 49.7 Å². The number of aliphatic carboxylic acids is 1. The summed E-state index contributed by atoms with van der Waals surface area (Å²) < 4.78 is 11.4. The number of hydrogen-bond acceptors (Lipinski definition) is 10. The molecule has 0 radical (unpaired) electrons. The van der Waals surface area contributed by atoms with Crippen LogP contribution in [0.4, 0.5) is 0 Å². The van der Waals surface area contributed by atoms with Crippen LogP contribution in [0.15, 0.2) is 45.6 Å². The summed E-state index contributed by atoms with van der Waals surface area (Å²) in [6.45, 7) is 0. The highest BCUT2D eigenvalue weighted by Crippen LogP contribution is 2.38. The second kappa shape index (κ2) is 8.28. The van der Waals surface area contributed by atoms with Gasteiger partial charge in [-0.2, -0.15) is 0 Å². The summed E-state index contributed by atoms with van der Waals surface area (Å²) in [5.41, 5.74) is -0.835. The molecule has 0 amide bonds. The van der Waals surface area contributed by atoms with Gasteiger partial charge in [-0.15, -0.1) is 0 Å². The molecule has 0 spiro atoms. The van der Waals surface area contributed by atoms with E-state index >= 15 is 0 Å². The molecule has 11 heteroatoms. The molecule has 7 N–H and O–H groups in total. The Balaban J connectivity index is 1.89. The van der Waals surface area contributed by atoms with Crippen LogP contribution in [0.2, 0.25) is 0 Å². The van der Waals surface area contributed by atoms with Gasteiger partial charge in [-0.1, -0.05) is 0 Å². The van der Waals surface area contributed by atoms with Crippen molar-refractivity contribution in [2.24, 2.45) is 5.92 Å². The van der Waals surface area contributed by atoms with Crippen molar-refractivity contribution in [3.63, 3.8) is 0 Å². The minimum absolute atomic E-state index is 0.0799. The topological polar surface area (TPSA) is 198 Å². The fraction of sp³-hybridized carbons (Fsp3) is 0.273. The van der Waals surface area contributed by atoms with Gasteiger partial charge in [-0.05, 0) is 24.3 Å². The normalized spacial score (nSPS) is 25.1. The van der Waals surface area contributed by atoms with Crippen molar-refractivity contribution in [3.8, 4) is 34.3 Å². The Morgan fingerprint density at radius 3 is 2.24 bits per heavy atom. The van der Waals surface area contributed by atoms with Gasteiger partial charge in [0.2, 0.25) is 11.2 Å². The highest BCUT2D eigenvalue weighted by Gasteiger charge is 2.47. The van der Waals surface area contributed by atoms with Crippen molar-refractivity contribution in [2.45, 2.75) is 30.8 Å². The van der Waals surface area contributed by atoms with E-state index < -0.39 is 59.7 Å². The number of benzene rings is 2. The lowest BCUT2D eigenvalue weighted by molar-refractivity contribution is -0.174. The van der Waals surface area contributed by atoms with Crippen LogP contribution in [-0.4, -0.2) is 66.1 Å². The van der Waals surface area contributed by atoms with Gasteiger partial charge in [0.1, 0.15) is 46.5 Å². The molecule has 1 fully saturated rings. The van der Waals surface area contributed by atoms with E-state index in [0.29, 0.717) is 0 Å². The number of carboxylic acids is 1. The maximum Gasteiger partial charge on any atom is 0.309 e. The molecule has 11 nitrogen and oxygen atoms in total. The summed E-state index contributed by atoms with van der Waals surface area (Å²) in [5, 5.41) is 69.0. The molecular formula is C22H20O11. The molecule has 2 aromatic carbocycles. The summed E-state index contributed by atoms with van der Waals surface area (Å²) in [4.78, 5) is 24.8. The molecule has 4 rings (SSSR count). The Bertz CT molecular complexity index is 1260. The number of aliphatic hydroxyl groups is 3. The summed E-state index contributed by atoms with van der Waals surface area (Å²) in [6, 6.07) is 7.41. The first-order chi connectivity index (χ1) is 15.6. The van der Waals surface area contributed by atoms with Crippen LogP contribution < -0.4 is 10.2 Å². The predicted octanol–water partition coefficient (Wildman–Crippen LogP) is 0.511. The number of carboxylic acid groups (broad SMARTS) is 1. The van der Waals surface area contributed by atoms with Gasteiger partial charge in [0, 0.05) is 24.1 Å². The van der Waals surface area contributed by atoms with Gasteiger partial charge >= 0.3 is 5.97 Å². The van der Waals surface area contributed by atoms with Gasteiger partial charge < -0.3 is 44.9 Å². The number of carbonyl (C=O) groups is 1. The average Bonchev–Trinajstić information content (AvgIpc) is 2.75. The summed E-state index contributed by atoms with van der Waals surface area (Å²) in [5.74, 6) is -4.68. The first-order valence-corrected chi connectivity index (χ1v) is 9.84. The molecule has 1 aromatic heterocycles. The third-order valence-corrected chi connectivity index (χ3v) is 5.61. The maximum absolute atomic E-state index is 13.3. The number of phenols is 3. The zero-order valence-corrected chi connectivity index (χ0v) is 16.8. The summed E-state index contributed by atoms with van der Waals surface area (Å²) >= 11 is 0. The van der Waals surface area contributed by atoms with E-state index in [-0.39, 0.29) is 33.8 Å². The van der Waals surface area contributed by atoms with Crippen LogP contribution in [0.25, 0.3) is 22.3 Å². The van der Waals surface area contributed by atoms with E-state index in [4.69, 9.17) is 9.15 Å². The molecule has 1 aliphatic rings. The molecular weight excluding hydrogens is 440 g/mol. The Morgan fingerprint density at radius 2 is 1.61 bits per heavy atom. The minimum atomic E-state index is -1.86. The Morgan fingerprint density at radius 1 is 0.939 bits per heavy atom. The van der Waals surface area contributed by atoms with Crippen LogP contribution in [-0.2, 0) is 4.79 Å². The van der Waals surface area contributed by atoms with Gasteiger partial charge in [-0.25, -0.2) is 0 Å². The number of fused-ring (bicyclic) bond motifs is 1. The molecule has 5 unspecified atom stereocenters. The van der Waals surface area contributed by atoms with Crippen LogP contribution in [0.5, 0.6) is 23.0 Å². The SMILES string of the molecule is O=C(O)C1CC(Oc2c(-c3ccc(O)cc3)oc3cc(O)cc(O)c3c2=O)C(O)C(O)C1O. The lowest BCUT2D eigenvalue weighted by Gasteiger charge is -2.38. The Labute approximate surface area is 185 Å². The number of aromatic hydroxyl groups is 3. The van der Waals surface area contributed by atoms with Crippen molar-refractivity contribution in [2.75, 3.05) is 0 Å². The lowest BCUT2D eigenvalue weighted by atomic mass is 9.80. The van der Waals surface area contributed by atoms with Gasteiger partial charge in [-0.3, -0.25) is 9.59 Å². The number of ether oxygens (including phenoxy) is 1. The van der Waals surface area contributed by atoms with E-state index in [1.165, 1.54) is 24.3 Å². The molecule has 174 valence electrons. The number of phenolic OH excluding ortho intramolecular Hbond substituents is 3. The molecule has 3 aromatic rings. The third kappa shape index (κ3) is 3.93. The van der Waals surface area contributed by atoms with Crippen LogP contribution in [0.3, 0.4) is 0 Å². The third-order valence-electron chi connectivity index (χ3n) is 5.61. The van der Waals surface area contributed by atoms with Crippen molar-refractivity contribution >= 4 is 16.9 Å². The van der Waals surface area contributed by atoms with E-state index in [1.807, 2.05) is 0 Å². The number of rotatable bonds is 4. The molecule has 5 atom stereocenters. The van der Waals surface area contributed by atoms with Crippen LogP contribution in [0, 0.1) is 5.92 Å². The second-order valence-corrected chi connectivity index (χ2v) is 7.78.